The molecule has 0 amide bonds. The van der Waals surface area contributed by atoms with E-state index in [4.69, 9.17) is 0 Å². The maximum Gasteiger partial charge on any atom is 0.0113 e. The van der Waals surface area contributed by atoms with Crippen molar-refractivity contribution in [3.05, 3.63) is 0 Å². The van der Waals surface area contributed by atoms with E-state index in [0.29, 0.717) is 6.04 Å². The predicted octanol–water partition coefficient (Wildman–Crippen LogP) is 3.41. The lowest BCUT2D eigenvalue weighted by Crippen LogP contribution is -2.50. The van der Waals surface area contributed by atoms with Crippen molar-refractivity contribution in [2.45, 2.75) is 60.4 Å². The minimum Gasteiger partial charge on any atom is -0.302 e. The van der Waals surface area contributed by atoms with Crippen LogP contribution in [0.25, 0.3) is 0 Å². The predicted molar refractivity (Wildman–Crippen MR) is 98.5 cm³/mol. The van der Waals surface area contributed by atoms with E-state index in [0.717, 1.165) is 11.8 Å². The zero-order valence-electron chi connectivity index (χ0n) is 16.1. The van der Waals surface area contributed by atoms with Crippen LogP contribution < -0.4 is 0 Å². The molecule has 2 heterocycles. The normalized spacial score (nSPS) is 22.9. The van der Waals surface area contributed by atoms with Gasteiger partial charge in [-0.2, -0.15) is 0 Å². The van der Waals surface area contributed by atoms with E-state index in [1.165, 1.54) is 65.2 Å². The van der Waals surface area contributed by atoms with Crippen molar-refractivity contribution in [1.82, 2.24) is 14.7 Å². The van der Waals surface area contributed by atoms with Crippen molar-refractivity contribution < 1.29 is 0 Å². The van der Waals surface area contributed by atoms with E-state index in [9.17, 15) is 0 Å². The standard InChI is InChI=1S/C17H35N3.C2H6/c1-15(2)17-5-7-18(8-6-17)9-10-19-11-13-20(14-12-19)16(3)4;1-2/h15-17H,5-14H2,1-4H3;1-2H3. The molecule has 0 aromatic heterocycles. The molecule has 0 aromatic rings. The molecule has 2 aliphatic rings. The Morgan fingerprint density at radius 3 is 1.59 bits per heavy atom. The second-order valence-electron chi connectivity index (χ2n) is 7.39. The van der Waals surface area contributed by atoms with Crippen molar-refractivity contribution in [2.75, 3.05) is 52.4 Å². The van der Waals surface area contributed by atoms with Crippen LogP contribution in [0, 0.1) is 11.8 Å². The van der Waals surface area contributed by atoms with Gasteiger partial charge in [0.2, 0.25) is 0 Å². The Morgan fingerprint density at radius 1 is 0.727 bits per heavy atom. The third-order valence-electron chi connectivity index (χ3n) is 5.44. The lowest BCUT2D eigenvalue weighted by Gasteiger charge is -2.39. The Morgan fingerprint density at radius 2 is 1.18 bits per heavy atom. The molecule has 0 N–H and O–H groups in total. The van der Waals surface area contributed by atoms with Crippen molar-refractivity contribution in [2.24, 2.45) is 11.8 Å². The molecule has 0 atom stereocenters. The van der Waals surface area contributed by atoms with Crippen LogP contribution in [0.5, 0.6) is 0 Å². The summed E-state index contributed by atoms with van der Waals surface area (Å²) in [6.45, 7) is 23.7. The molecule has 0 unspecified atom stereocenters. The van der Waals surface area contributed by atoms with Gasteiger partial charge in [0.25, 0.3) is 0 Å². The van der Waals surface area contributed by atoms with Gasteiger partial charge in [-0.15, -0.1) is 0 Å². The Kier molecular flexibility index (Phi) is 9.62. The molecule has 2 fully saturated rings. The molecule has 0 bridgehead atoms. The van der Waals surface area contributed by atoms with Crippen LogP contribution in [0.3, 0.4) is 0 Å². The first-order valence-electron chi connectivity index (χ1n) is 9.75. The molecule has 0 aliphatic carbocycles. The minimum atomic E-state index is 0.715. The molecule has 2 aliphatic heterocycles. The van der Waals surface area contributed by atoms with Crippen LogP contribution in [0.1, 0.15) is 54.4 Å². The summed E-state index contributed by atoms with van der Waals surface area (Å²) in [5, 5.41) is 0. The number of likely N-dealkylation sites (tertiary alicyclic amines) is 1. The van der Waals surface area contributed by atoms with E-state index in [-0.39, 0.29) is 0 Å². The van der Waals surface area contributed by atoms with Crippen molar-refractivity contribution in [1.29, 1.82) is 0 Å². The Bertz CT molecular complexity index is 234. The first kappa shape index (κ1) is 19.9. The summed E-state index contributed by atoms with van der Waals surface area (Å²) in [5.74, 6) is 1.85. The van der Waals surface area contributed by atoms with Gasteiger partial charge < -0.3 is 4.90 Å². The lowest BCUT2D eigenvalue weighted by molar-refractivity contribution is 0.0887. The van der Waals surface area contributed by atoms with E-state index in [1.54, 1.807) is 0 Å². The number of piperidine rings is 1. The van der Waals surface area contributed by atoms with Gasteiger partial charge in [0.05, 0.1) is 0 Å². The summed E-state index contributed by atoms with van der Waals surface area (Å²) in [5.41, 5.74) is 0. The topological polar surface area (TPSA) is 9.72 Å². The molecule has 0 radical (unpaired) electrons. The molecular weight excluding hydrogens is 270 g/mol. The maximum atomic E-state index is 2.69. The SMILES string of the molecule is CC.CC(C)C1CCN(CCN2CCN(C(C)C)CC2)CC1. The molecule has 3 heteroatoms. The third-order valence-corrected chi connectivity index (χ3v) is 5.44. The van der Waals surface area contributed by atoms with Crippen LogP contribution in [-0.4, -0.2) is 73.1 Å². The minimum absolute atomic E-state index is 0.715. The van der Waals surface area contributed by atoms with Gasteiger partial charge in [0.1, 0.15) is 0 Å². The van der Waals surface area contributed by atoms with Crippen LogP contribution in [0.4, 0.5) is 0 Å². The van der Waals surface area contributed by atoms with E-state index in [1.807, 2.05) is 13.8 Å². The molecule has 2 rings (SSSR count). The van der Waals surface area contributed by atoms with Gasteiger partial charge in [-0.25, -0.2) is 0 Å². The van der Waals surface area contributed by atoms with Crippen molar-refractivity contribution in [3.63, 3.8) is 0 Å². The van der Waals surface area contributed by atoms with Crippen LogP contribution in [0.2, 0.25) is 0 Å². The molecule has 0 spiro atoms. The second-order valence-corrected chi connectivity index (χ2v) is 7.39. The third kappa shape index (κ3) is 6.55. The van der Waals surface area contributed by atoms with Crippen molar-refractivity contribution in [3.8, 4) is 0 Å². The van der Waals surface area contributed by atoms with Gasteiger partial charge in [-0.05, 0) is 51.6 Å². The van der Waals surface area contributed by atoms with Crippen LogP contribution in [0.15, 0.2) is 0 Å². The number of hydrogen-bond acceptors (Lipinski definition) is 3. The van der Waals surface area contributed by atoms with E-state index < -0.39 is 0 Å². The van der Waals surface area contributed by atoms with Gasteiger partial charge in [0.15, 0.2) is 0 Å². The summed E-state index contributed by atoms with van der Waals surface area (Å²) in [6, 6.07) is 0.715. The quantitative estimate of drug-likeness (QED) is 0.770. The van der Waals surface area contributed by atoms with Crippen LogP contribution >= 0.6 is 0 Å². The smallest absolute Gasteiger partial charge is 0.0113 e. The van der Waals surface area contributed by atoms with E-state index >= 15 is 0 Å². The second kappa shape index (κ2) is 10.6. The number of nitrogens with zero attached hydrogens (tertiary/aromatic N) is 3. The molecular formula is C19H41N3. The summed E-state index contributed by atoms with van der Waals surface area (Å²) >= 11 is 0. The summed E-state index contributed by atoms with van der Waals surface area (Å²) in [6.07, 6.45) is 2.83. The fourth-order valence-corrected chi connectivity index (χ4v) is 3.63. The highest BCUT2D eigenvalue weighted by Gasteiger charge is 2.23. The fraction of sp³-hybridized carbons (Fsp3) is 1.00. The molecule has 132 valence electrons. The fourth-order valence-electron chi connectivity index (χ4n) is 3.63. The molecule has 3 nitrogen and oxygen atoms in total. The summed E-state index contributed by atoms with van der Waals surface area (Å²) in [4.78, 5) is 7.95. The van der Waals surface area contributed by atoms with Gasteiger partial charge >= 0.3 is 0 Å². The lowest BCUT2D eigenvalue weighted by atomic mass is 9.87. The molecule has 0 saturated carbocycles. The van der Waals surface area contributed by atoms with Crippen LogP contribution in [-0.2, 0) is 0 Å². The van der Waals surface area contributed by atoms with Gasteiger partial charge in [0, 0.05) is 45.3 Å². The van der Waals surface area contributed by atoms with Gasteiger partial charge in [-0.3, -0.25) is 9.80 Å². The highest BCUT2D eigenvalue weighted by molar-refractivity contribution is 4.78. The number of hydrogen-bond donors (Lipinski definition) is 0. The molecule has 2 saturated heterocycles. The summed E-state index contributed by atoms with van der Waals surface area (Å²) in [7, 11) is 0. The first-order chi connectivity index (χ1) is 10.6. The number of piperazine rings is 1. The zero-order chi connectivity index (χ0) is 16.5. The average molecular weight is 312 g/mol. The van der Waals surface area contributed by atoms with Gasteiger partial charge in [-0.1, -0.05) is 27.7 Å². The average Bonchev–Trinajstić information content (AvgIpc) is 2.55. The highest BCUT2D eigenvalue weighted by Crippen LogP contribution is 2.24. The monoisotopic (exact) mass is 311 g/mol. The molecule has 22 heavy (non-hydrogen) atoms. The van der Waals surface area contributed by atoms with Crippen molar-refractivity contribution >= 4 is 0 Å². The van der Waals surface area contributed by atoms with E-state index in [2.05, 4.69) is 42.4 Å². The number of rotatable bonds is 5. The first-order valence-corrected chi connectivity index (χ1v) is 9.75. The zero-order valence-corrected chi connectivity index (χ0v) is 16.1. The Labute approximate surface area is 140 Å². The summed E-state index contributed by atoms with van der Waals surface area (Å²) < 4.78 is 0. The highest BCUT2D eigenvalue weighted by atomic mass is 15.3. The molecule has 0 aromatic carbocycles. The Hall–Kier alpha value is -0.120. The largest absolute Gasteiger partial charge is 0.302 e. The maximum absolute atomic E-state index is 2.69. The Balaban J connectivity index is 0.00000116.